The molecule has 1 aliphatic carbocycles. The van der Waals surface area contributed by atoms with E-state index in [-0.39, 0.29) is 5.54 Å². The topological polar surface area (TPSA) is 30.5 Å². The molecule has 0 bridgehead atoms. The van der Waals surface area contributed by atoms with E-state index in [4.69, 9.17) is 9.47 Å². The second-order valence-electron chi connectivity index (χ2n) is 5.07. The van der Waals surface area contributed by atoms with E-state index in [9.17, 15) is 0 Å². The number of hydrogen-bond donors (Lipinski definition) is 1. The molecule has 17 heavy (non-hydrogen) atoms. The molecule has 1 unspecified atom stereocenters. The van der Waals surface area contributed by atoms with Gasteiger partial charge in [-0.15, -0.1) is 0 Å². The van der Waals surface area contributed by atoms with Gasteiger partial charge in [-0.2, -0.15) is 0 Å². The minimum Gasteiger partial charge on any atom is -0.497 e. The van der Waals surface area contributed by atoms with Crippen LogP contribution >= 0.6 is 0 Å². The molecule has 2 aliphatic rings. The van der Waals surface area contributed by atoms with Gasteiger partial charge < -0.3 is 14.8 Å². The Hall–Kier alpha value is -1.06. The molecule has 1 fully saturated rings. The van der Waals surface area contributed by atoms with E-state index in [1.165, 1.54) is 11.1 Å². The Morgan fingerprint density at radius 3 is 3.06 bits per heavy atom. The zero-order chi connectivity index (χ0) is 11.7. The molecule has 1 atom stereocenters. The molecular weight excluding hydrogens is 214 g/mol. The van der Waals surface area contributed by atoms with Crippen molar-refractivity contribution in [1.82, 2.24) is 5.32 Å². The van der Waals surface area contributed by atoms with Gasteiger partial charge in [-0.3, -0.25) is 0 Å². The number of hydrogen-bond acceptors (Lipinski definition) is 3. The van der Waals surface area contributed by atoms with E-state index in [0.717, 1.165) is 44.8 Å². The van der Waals surface area contributed by atoms with E-state index in [2.05, 4.69) is 23.5 Å². The Bertz CT molecular complexity index is 411. The summed E-state index contributed by atoms with van der Waals surface area (Å²) in [7, 11) is 1.72. The summed E-state index contributed by atoms with van der Waals surface area (Å²) in [5.41, 5.74) is 3.05. The fourth-order valence-corrected chi connectivity index (χ4v) is 2.94. The number of aryl methyl sites for hydroxylation is 1. The smallest absolute Gasteiger partial charge is 0.119 e. The Morgan fingerprint density at radius 2 is 2.29 bits per heavy atom. The maximum atomic E-state index is 5.64. The summed E-state index contributed by atoms with van der Waals surface area (Å²) in [6, 6.07) is 6.43. The van der Waals surface area contributed by atoms with Gasteiger partial charge in [0.05, 0.1) is 20.3 Å². The molecule has 1 heterocycles. The van der Waals surface area contributed by atoms with E-state index in [1.54, 1.807) is 7.11 Å². The highest BCUT2D eigenvalue weighted by Gasteiger charge is 2.36. The molecule has 3 nitrogen and oxygen atoms in total. The number of fused-ring (bicyclic) bond motifs is 1. The highest BCUT2D eigenvalue weighted by molar-refractivity contribution is 5.39. The number of ether oxygens (including phenoxy) is 2. The minimum atomic E-state index is 0.180. The predicted octanol–water partition coefficient (Wildman–Crippen LogP) is 1.54. The van der Waals surface area contributed by atoms with Crippen LogP contribution in [0.2, 0.25) is 0 Å². The maximum Gasteiger partial charge on any atom is 0.119 e. The van der Waals surface area contributed by atoms with Crippen molar-refractivity contribution >= 4 is 0 Å². The summed E-state index contributed by atoms with van der Waals surface area (Å²) in [5, 5.41) is 3.65. The lowest BCUT2D eigenvalue weighted by atomic mass is 9.78. The highest BCUT2D eigenvalue weighted by Crippen LogP contribution is 2.32. The van der Waals surface area contributed by atoms with Gasteiger partial charge in [0.1, 0.15) is 5.75 Å². The van der Waals surface area contributed by atoms with E-state index in [1.807, 2.05) is 0 Å². The van der Waals surface area contributed by atoms with Gasteiger partial charge in [0, 0.05) is 12.1 Å². The number of benzene rings is 1. The lowest BCUT2D eigenvalue weighted by molar-refractivity contribution is 0.0206. The van der Waals surface area contributed by atoms with Crippen LogP contribution in [0.25, 0.3) is 0 Å². The third kappa shape index (κ3) is 2.05. The molecule has 1 spiro atoms. The van der Waals surface area contributed by atoms with E-state index < -0.39 is 0 Å². The summed E-state index contributed by atoms with van der Waals surface area (Å²) < 4.78 is 10.9. The van der Waals surface area contributed by atoms with Gasteiger partial charge >= 0.3 is 0 Å². The highest BCUT2D eigenvalue weighted by atomic mass is 16.5. The standard InChI is InChI=1S/C14H19NO2/c1-16-13-3-2-12-9-14(5-4-11(12)8-13)10-17-7-6-15-14/h2-3,8,15H,4-7,9-10H2,1H3. The first-order chi connectivity index (χ1) is 8.31. The number of nitrogens with one attached hydrogen (secondary N) is 1. The molecule has 3 rings (SSSR count). The average Bonchev–Trinajstić information content (AvgIpc) is 2.39. The van der Waals surface area contributed by atoms with Gasteiger partial charge in [-0.25, -0.2) is 0 Å². The number of methoxy groups -OCH3 is 1. The van der Waals surface area contributed by atoms with Crippen LogP contribution in [0.1, 0.15) is 17.5 Å². The first-order valence-corrected chi connectivity index (χ1v) is 6.30. The van der Waals surface area contributed by atoms with Crippen molar-refractivity contribution < 1.29 is 9.47 Å². The molecule has 1 aromatic rings. The van der Waals surface area contributed by atoms with Crippen LogP contribution in [0.3, 0.4) is 0 Å². The Morgan fingerprint density at radius 1 is 1.35 bits per heavy atom. The van der Waals surface area contributed by atoms with Gasteiger partial charge in [0.2, 0.25) is 0 Å². The molecule has 1 aliphatic heterocycles. The molecule has 1 saturated heterocycles. The molecule has 0 amide bonds. The molecule has 3 heteroatoms. The van der Waals surface area contributed by atoms with Gasteiger partial charge in [0.15, 0.2) is 0 Å². The van der Waals surface area contributed by atoms with Crippen molar-refractivity contribution in [3.05, 3.63) is 29.3 Å². The van der Waals surface area contributed by atoms with Crippen molar-refractivity contribution in [3.8, 4) is 5.75 Å². The van der Waals surface area contributed by atoms with Crippen LogP contribution < -0.4 is 10.1 Å². The average molecular weight is 233 g/mol. The molecule has 0 radical (unpaired) electrons. The molecule has 1 N–H and O–H groups in total. The SMILES string of the molecule is COc1ccc2c(c1)CCC1(COCCN1)C2. The van der Waals surface area contributed by atoms with Gasteiger partial charge in [0.25, 0.3) is 0 Å². The molecule has 0 aromatic heterocycles. The van der Waals surface area contributed by atoms with Gasteiger partial charge in [-0.1, -0.05) is 6.07 Å². The fraction of sp³-hybridized carbons (Fsp3) is 0.571. The third-order valence-electron chi connectivity index (χ3n) is 3.94. The third-order valence-corrected chi connectivity index (χ3v) is 3.94. The monoisotopic (exact) mass is 233 g/mol. The van der Waals surface area contributed by atoms with Crippen molar-refractivity contribution in [1.29, 1.82) is 0 Å². The zero-order valence-electron chi connectivity index (χ0n) is 10.3. The quantitative estimate of drug-likeness (QED) is 0.798. The second kappa shape index (κ2) is 4.31. The first kappa shape index (κ1) is 11.1. The van der Waals surface area contributed by atoms with Crippen molar-refractivity contribution in [2.45, 2.75) is 24.8 Å². The van der Waals surface area contributed by atoms with Gasteiger partial charge in [-0.05, 0) is 42.5 Å². The number of rotatable bonds is 1. The molecular formula is C14H19NO2. The van der Waals surface area contributed by atoms with Crippen LogP contribution in [-0.4, -0.2) is 32.4 Å². The van der Waals surface area contributed by atoms with Crippen LogP contribution in [0, 0.1) is 0 Å². The van der Waals surface area contributed by atoms with Crippen molar-refractivity contribution in [2.75, 3.05) is 26.9 Å². The maximum absolute atomic E-state index is 5.64. The zero-order valence-corrected chi connectivity index (χ0v) is 10.3. The predicted molar refractivity (Wildman–Crippen MR) is 66.6 cm³/mol. The number of morpholine rings is 1. The Balaban J connectivity index is 1.85. The molecule has 1 aromatic carbocycles. The van der Waals surface area contributed by atoms with Crippen LogP contribution in [0.5, 0.6) is 5.75 Å². The molecule has 92 valence electrons. The summed E-state index contributed by atoms with van der Waals surface area (Å²) in [5.74, 6) is 0.965. The summed E-state index contributed by atoms with van der Waals surface area (Å²) in [4.78, 5) is 0. The first-order valence-electron chi connectivity index (χ1n) is 6.30. The van der Waals surface area contributed by atoms with Crippen LogP contribution in [0.15, 0.2) is 18.2 Å². The minimum absolute atomic E-state index is 0.180. The summed E-state index contributed by atoms with van der Waals surface area (Å²) in [6.07, 6.45) is 3.35. The van der Waals surface area contributed by atoms with Crippen LogP contribution in [0.4, 0.5) is 0 Å². The largest absolute Gasteiger partial charge is 0.497 e. The van der Waals surface area contributed by atoms with Crippen molar-refractivity contribution in [3.63, 3.8) is 0 Å². The lowest BCUT2D eigenvalue weighted by Crippen LogP contribution is -2.57. The Kier molecular flexibility index (Phi) is 2.81. The molecule has 0 saturated carbocycles. The fourth-order valence-electron chi connectivity index (χ4n) is 2.94. The summed E-state index contributed by atoms with van der Waals surface area (Å²) in [6.45, 7) is 2.67. The Labute approximate surface area is 102 Å². The van der Waals surface area contributed by atoms with Crippen molar-refractivity contribution in [2.24, 2.45) is 0 Å². The summed E-state index contributed by atoms with van der Waals surface area (Å²) >= 11 is 0. The second-order valence-corrected chi connectivity index (χ2v) is 5.07. The lowest BCUT2D eigenvalue weighted by Gasteiger charge is -2.41. The normalized spacial score (nSPS) is 27.8. The van der Waals surface area contributed by atoms with Crippen LogP contribution in [-0.2, 0) is 17.6 Å². The van der Waals surface area contributed by atoms with E-state index in [0.29, 0.717) is 0 Å². The van der Waals surface area contributed by atoms with E-state index >= 15 is 0 Å².